The van der Waals surface area contributed by atoms with Crippen molar-refractivity contribution in [3.63, 3.8) is 0 Å². The van der Waals surface area contributed by atoms with Crippen molar-refractivity contribution >= 4 is 0 Å². The van der Waals surface area contributed by atoms with Crippen molar-refractivity contribution in [1.82, 2.24) is 10.2 Å². The van der Waals surface area contributed by atoms with Crippen molar-refractivity contribution in [3.05, 3.63) is 29.8 Å². The fourth-order valence-electron chi connectivity index (χ4n) is 2.88. The fourth-order valence-corrected chi connectivity index (χ4v) is 2.88. The van der Waals surface area contributed by atoms with Gasteiger partial charge in [-0.2, -0.15) is 0 Å². The van der Waals surface area contributed by atoms with Crippen LogP contribution in [-0.2, 0) is 6.54 Å². The molecule has 0 atom stereocenters. The maximum Gasteiger partial charge on any atom is 0.123 e. The largest absolute Gasteiger partial charge is 0.492 e. The molecule has 1 N–H and O–H groups in total. The van der Waals surface area contributed by atoms with Gasteiger partial charge >= 0.3 is 0 Å². The van der Waals surface area contributed by atoms with Crippen LogP contribution in [0.5, 0.6) is 5.75 Å². The molecule has 2 rings (SSSR count). The second-order valence-corrected chi connectivity index (χ2v) is 5.66. The molecule has 1 aromatic carbocycles. The fraction of sp³-hybridized carbons (Fsp3) is 0.647. The normalized spacial score (nSPS) is 15.9. The Morgan fingerprint density at radius 1 is 1.25 bits per heavy atom. The van der Waals surface area contributed by atoms with E-state index in [1.807, 2.05) is 6.07 Å². The molecule has 1 aliphatic carbocycles. The van der Waals surface area contributed by atoms with E-state index in [1.54, 1.807) is 0 Å². The smallest absolute Gasteiger partial charge is 0.123 e. The van der Waals surface area contributed by atoms with E-state index in [2.05, 4.69) is 42.4 Å². The first-order valence-corrected chi connectivity index (χ1v) is 7.93. The average molecular weight is 276 g/mol. The predicted molar refractivity (Wildman–Crippen MR) is 84.2 cm³/mol. The predicted octanol–water partition coefficient (Wildman–Crippen LogP) is 3.05. The second-order valence-electron chi connectivity index (χ2n) is 5.66. The first-order valence-electron chi connectivity index (χ1n) is 7.93. The van der Waals surface area contributed by atoms with Crippen molar-refractivity contribution in [2.45, 2.75) is 45.2 Å². The van der Waals surface area contributed by atoms with E-state index in [4.69, 9.17) is 4.74 Å². The number of likely N-dealkylation sites (N-methyl/N-ethyl adjacent to an activating group) is 1. The molecule has 0 aromatic heterocycles. The van der Waals surface area contributed by atoms with E-state index >= 15 is 0 Å². The van der Waals surface area contributed by atoms with Gasteiger partial charge in [-0.25, -0.2) is 0 Å². The van der Waals surface area contributed by atoms with Crippen LogP contribution in [0.15, 0.2) is 24.3 Å². The topological polar surface area (TPSA) is 24.5 Å². The molecule has 0 saturated heterocycles. The Balaban J connectivity index is 1.78. The van der Waals surface area contributed by atoms with Crippen molar-refractivity contribution in [2.24, 2.45) is 0 Å². The molecule has 0 bridgehead atoms. The summed E-state index contributed by atoms with van der Waals surface area (Å²) < 4.78 is 5.98. The highest BCUT2D eigenvalue weighted by molar-refractivity contribution is 5.33. The molecular formula is C17H28N2O. The van der Waals surface area contributed by atoms with Crippen molar-refractivity contribution in [2.75, 3.05) is 26.7 Å². The number of para-hydroxylation sites is 1. The summed E-state index contributed by atoms with van der Waals surface area (Å²) in [6.45, 7) is 5.78. The highest BCUT2D eigenvalue weighted by Crippen LogP contribution is 2.22. The highest BCUT2D eigenvalue weighted by atomic mass is 16.5. The number of hydrogen-bond donors (Lipinski definition) is 1. The van der Waals surface area contributed by atoms with Crippen LogP contribution < -0.4 is 10.1 Å². The molecule has 112 valence electrons. The number of ether oxygens (including phenoxy) is 1. The molecule has 0 aliphatic heterocycles. The molecule has 0 amide bonds. The molecular weight excluding hydrogens is 248 g/mol. The SMILES string of the molecule is CCNCc1ccccc1OCCN(C)C1CCCC1. The minimum Gasteiger partial charge on any atom is -0.492 e. The Morgan fingerprint density at radius 3 is 2.75 bits per heavy atom. The molecule has 20 heavy (non-hydrogen) atoms. The minimum atomic E-state index is 0.774. The lowest BCUT2D eigenvalue weighted by Crippen LogP contribution is -2.32. The van der Waals surface area contributed by atoms with Crippen LogP contribution in [0, 0.1) is 0 Å². The van der Waals surface area contributed by atoms with Crippen LogP contribution in [0.1, 0.15) is 38.2 Å². The summed E-state index contributed by atoms with van der Waals surface area (Å²) in [4.78, 5) is 2.46. The minimum absolute atomic E-state index is 0.774. The second kappa shape index (κ2) is 8.28. The van der Waals surface area contributed by atoms with Gasteiger partial charge in [0.25, 0.3) is 0 Å². The average Bonchev–Trinajstić information content (AvgIpc) is 3.00. The summed E-state index contributed by atoms with van der Waals surface area (Å²) in [5.41, 5.74) is 1.25. The Hall–Kier alpha value is -1.06. The van der Waals surface area contributed by atoms with Gasteiger partial charge in [-0.05, 0) is 32.5 Å². The maximum atomic E-state index is 5.98. The standard InChI is InChI=1S/C17H28N2O/c1-3-18-14-15-8-4-7-11-17(15)20-13-12-19(2)16-9-5-6-10-16/h4,7-8,11,16,18H,3,5-6,9-10,12-14H2,1-2H3. The summed E-state index contributed by atoms with van der Waals surface area (Å²) in [5, 5.41) is 3.36. The van der Waals surface area contributed by atoms with Gasteiger partial charge in [-0.1, -0.05) is 38.0 Å². The third kappa shape index (κ3) is 4.50. The van der Waals surface area contributed by atoms with E-state index in [9.17, 15) is 0 Å². The van der Waals surface area contributed by atoms with Crippen LogP contribution in [-0.4, -0.2) is 37.7 Å². The van der Waals surface area contributed by atoms with Gasteiger partial charge in [-0.15, -0.1) is 0 Å². The molecule has 1 fully saturated rings. The Labute approximate surface area is 123 Å². The summed E-state index contributed by atoms with van der Waals surface area (Å²) in [6.07, 6.45) is 5.49. The Morgan fingerprint density at radius 2 is 2.00 bits per heavy atom. The summed E-state index contributed by atoms with van der Waals surface area (Å²) in [5.74, 6) is 1.02. The third-order valence-electron chi connectivity index (χ3n) is 4.19. The van der Waals surface area contributed by atoms with E-state index in [0.717, 1.165) is 38.0 Å². The van der Waals surface area contributed by atoms with E-state index in [-0.39, 0.29) is 0 Å². The molecule has 3 nitrogen and oxygen atoms in total. The van der Waals surface area contributed by atoms with E-state index in [1.165, 1.54) is 31.2 Å². The Kier molecular flexibility index (Phi) is 6.34. The zero-order valence-corrected chi connectivity index (χ0v) is 12.9. The highest BCUT2D eigenvalue weighted by Gasteiger charge is 2.19. The maximum absolute atomic E-state index is 5.98. The summed E-state index contributed by atoms with van der Waals surface area (Å²) in [6, 6.07) is 9.10. The molecule has 0 radical (unpaired) electrons. The lowest BCUT2D eigenvalue weighted by atomic mass is 10.2. The first kappa shape index (κ1) is 15.3. The van der Waals surface area contributed by atoms with Crippen LogP contribution in [0.2, 0.25) is 0 Å². The van der Waals surface area contributed by atoms with Gasteiger partial charge in [-0.3, -0.25) is 0 Å². The van der Waals surface area contributed by atoms with E-state index in [0.29, 0.717) is 0 Å². The van der Waals surface area contributed by atoms with Gasteiger partial charge in [0.15, 0.2) is 0 Å². The molecule has 1 aromatic rings. The van der Waals surface area contributed by atoms with Crippen LogP contribution in [0.25, 0.3) is 0 Å². The zero-order valence-electron chi connectivity index (χ0n) is 12.9. The van der Waals surface area contributed by atoms with Gasteiger partial charge in [0, 0.05) is 24.7 Å². The number of nitrogens with zero attached hydrogens (tertiary/aromatic N) is 1. The van der Waals surface area contributed by atoms with Gasteiger partial charge in [0.2, 0.25) is 0 Å². The molecule has 1 saturated carbocycles. The number of hydrogen-bond acceptors (Lipinski definition) is 3. The third-order valence-corrected chi connectivity index (χ3v) is 4.19. The molecule has 0 spiro atoms. The first-order chi connectivity index (χ1) is 9.81. The van der Waals surface area contributed by atoms with Crippen LogP contribution >= 0.6 is 0 Å². The lowest BCUT2D eigenvalue weighted by molar-refractivity contribution is 0.192. The van der Waals surface area contributed by atoms with Crippen LogP contribution in [0.3, 0.4) is 0 Å². The monoisotopic (exact) mass is 276 g/mol. The number of nitrogens with one attached hydrogen (secondary N) is 1. The van der Waals surface area contributed by atoms with Gasteiger partial charge in [0.05, 0.1) is 0 Å². The van der Waals surface area contributed by atoms with Crippen molar-refractivity contribution in [3.8, 4) is 5.75 Å². The lowest BCUT2D eigenvalue weighted by Gasteiger charge is -2.24. The molecule has 0 heterocycles. The number of benzene rings is 1. The zero-order chi connectivity index (χ0) is 14.2. The van der Waals surface area contributed by atoms with Gasteiger partial charge in [0.1, 0.15) is 12.4 Å². The van der Waals surface area contributed by atoms with Gasteiger partial charge < -0.3 is 15.0 Å². The van der Waals surface area contributed by atoms with Crippen molar-refractivity contribution < 1.29 is 4.74 Å². The quantitative estimate of drug-likeness (QED) is 0.790. The summed E-state index contributed by atoms with van der Waals surface area (Å²) in [7, 11) is 2.23. The Bertz CT molecular complexity index is 388. The van der Waals surface area contributed by atoms with E-state index < -0.39 is 0 Å². The molecule has 0 unspecified atom stereocenters. The van der Waals surface area contributed by atoms with Crippen LogP contribution in [0.4, 0.5) is 0 Å². The van der Waals surface area contributed by atoms with Crippen molar-refractivity contribution in [1.29, 1.82) is 0 Å². The molecule has 3 heteroatoms. The number of rotatable bonds is 8. The summed E-state index contributed by atoms with van der Waals surface area (Å²) >= 11 is 0. The molecule has 1 aliphatic rings.